The first-order valence-electron chi connectivity index (χ1n) is 5.57. The molecule has 94 valence electrons. The molecule has 0 aliphatic carbocycles. The third-order valence-corrected chi connectivity index (χ3v) is 2.10. The Hall–Kier alpha value is -2.79. The van der Waals surface area contributed by atoms with Gasteiger partial charge in [-0.15, -0.1) is 6.42 Å². The van der Waals surface area contributed by atoms with Gasteiger partial charge in [0.15, 0.2) is 0 Å². The summed E-state index contributed by atoms with van der Waals surface area (Å²) in [4.78, 5) is 2.81. The van der Waals surface area contributed by atoms with Crippen molar-refractivity contribution in [1.29, 1.82) is 0 Å². The van der Waals surface area contributed by atoms with Crippen LogP contribution < -0.4 is 0 Å². The van der Waals surface area contributed by atoms with Crippen LogP contribution in [-0.2, 0) is 5.54 Å². The van der Waals surface area contributed by atoms with Crippen LogP contribution >= 0.6 is 0 Å². The fourth-order valence-corrected chi connectivity index (χ4v) is 1.15. The van der Waals surface area contributed by atoms with Gasteiger partial charge >= 0.3 is 0 Å². The summed E-state index contributed by atoms with van der Waals surface area (Å²) in [7, 11) is 0. The second-order valence-corrected chi connectivity index (χ2v) is 3.88. The third-order valence-electron chi connectivity index (χ3n) is 2.10. The van der Waals surface area contributed by atoms with Crippen molar-refractivity contribution in [2.24, 2.45) is 5.11 Å². The molecule has 1 rings (SSSR count). The molecule has 3 heteroatoms. The number of hydrogen-bond donors (Lipinski definition) is 0. The number of benzene rings is 1. The number of azide groups is 1. The van der Waals surface area contributed by atoms with E-state index in [0.29, 0.717) is 0 Å². The van der Waals surface area contributed by atoms with E-state index in [1.807, 2.05) is 44.2 Å². The van der Waals surface area contributed by atoms with Crippen LogP contribution in [0.15, 0.2) is 35.4 Å². The predicted molar refractivity (Wildman–Crippen MR) is 78.7 cm³/mol. The molecule has 0 atom stereocenters. The predicted octanol–water partition coefficient (Wildman–Crippen LogP) is 3.88. The minimum Gasteiger partial charge on any atom is -0.106 e. The first-order chi connectivity index (χ1) is 9.08. The van der Waals surface area contributed by atoms with Crippen LogP contribution in [-0.4, -0.2) is 0 Å². The van der Waals surface area contributed by atoms with Crippen molar-refractivity contribution < 1.29 is 0 Å². The SMILES string of the molecule is C#CC#CC#CC.CC(C)(N=[N+]=[N-])c1ccccc1. The Morgan fingerprint density at radius 1 is 1.16 bits per heavy atom. The molecule has 3 nitrogen and oxygen atoms in total. The minimum atomic E-state index is -0.448. The molecule has 0 radical (unpaired) electrons. The largest absolute Gasteiger partial charge is 0.106 e. The molecule has 1 aromatic carbocycles. The van der Waals surface area contributed by atoms with E-state index in [1.165, 1.54) is 0 Å². The van der Waals surface area contributed by atoms with Crippen LogP contribution in [0.25, 0.3) is 10.4 Å². The van der Waals surface area contributed by atoms with Gasteiger partial charge < -0.3 is 0 Å². The summed E-state index contributed by atoms with van der Waals surface area (Å²) in [6.07, 6.45) is 4.78. The number of terminal acetylenes is 1. The van der Waals surface area contributed by atoms with Gasteiger partial charge in [-0.25, -0.2) is 0 Å². The molecule has 0 aliphatic rings. The molecule has 0 fully saturated rings. The summed E-state index contributed by atoms with van der Waals surface area (Å²) < 4.78 is 0. The highest BCUT2D eigenvalue weighted by molar-refractivity contribution is 5.33. The van der Waals surface area contributed by atoms with Gasteiger partial charge in [0.1, 0.15) is 0 Å². The molecule has 0 spiro atoms. The summed E-state index contributed by atoms with van der Waals surface area (Å²) >= 11 is 0. The van der Waals surface area contributed by atoms with Crippen LogP contribution in [0.2, 0.25) is 0 Å². The van der Waals surface area contributed by atoms with Gasteiger partial charge in [-0.05, 0) is 41.7 Å². The van der Waals surface area contributed by atoms with Gasteiger partial charge in [-0.2, -0.15) is 0 Å². The number of rotatable bonds is 2. The van der Waals surface area contributed by atoms with E-state index < -0.39 is 5.54 Å². The summed E-state index contributed by atoms with van der Waals surface area (Å²) in [5.41, 5.74) is 8.90. The molecule has 0 unspecified atom stereocenters. The van der Waals surface area contributed by atoms with Crippen molar-refractivity contribution >= 4 is 0 Å². The molecule has 0 aromatic heterocycles. The Bertz CT molecular complexity index is 593. The van der Waals surface area contributed by atoms with Crippen LogP contribution in [0.1, 0.15) is 26.3 Å². The Labute approximate surface area is 114 Å². The van der Waals surface area contributed by atoms with E-state index in [9.17, 15) is 0 Å². The molecule has 1 aromatic rings. The fourth-order valence-electron chi connectivity index (χ4n) is 1.15. The molecule has 0 saturated heterocycles. The Morgan fingerprint density at radius 3 is 2.26 bits per heavy atom. The Balaban J connectivity index is 0.000000399. The molecular weight excluding hydrogens is 234 g/mol. The standard InChI is InChI=1S/C9H11N3.C7H4/c1-9(2,11-12-10)8-6-4-3-5-7-8;1-3-5-7-6-4-2/h3-7H,1-2H3;1H,2H3. The van der Waals surface area contributed by atoms with Gasteiger partial charge in [0.25, 0.3) is 0 Å². The maximum Gasteiger partial charge on any atom is 0.0681 e. The molecule has 19 heavy (non-hydrogen) atoms. The van der Waals surface area contributed by atoms with Crippen LogP contribution in [0.3, 0.4) is 0 Å². The fraction of sp³-hybridized carbons (Fsp3) is 0.250. The topological polar surface area (TPSA) is 48.8 Å². The zero-order valence-electron chi connectivity index (χ0n) is 11.3. The molecule has 0 bridgehead atoms. The lowest BCUT2D eigenvalue weighted by Gasteiger charge is -2.17. The van der Waals surface area contributed by atoms with Gasteiger partial charge in [0, 0.05) is 4.91 Å². The summed E-state index contributed by atoms with van der Waals surface area (Å²) in [5, 5.41) is 3.71. The van der Waals surface area contributed by atoms with Crippen LogP contribution in [0, 0.1) is 36.0 Å². The second-order valence-electron chi connectivity index (χ2n) is 3.88. The maximum absolute atomic E-state index is 8.32. The van der Waals surface area contributed by atoms with Crippen LogP contribution in [0.4, 0.5) is 0 Å². The smallest absolute Gasteiger partial charge is 0.0681 e. The van der Waals surface area contributed by atoms with Crippen molar-refractivity contribution in [3.8, 4) is 36.0 Å². The highest BCUT2D eigenvalue weighted by atomic mass is 15.2. The van der Waals surface area contributed by atoms with Gasteiger partial charge in [-0.3, -0.25) is 0 Å². The molecule has 0 heterocycles. The molecule has 0 amide bonds. The molecule has 0 N–H and O–H groups in total. The van der Waals surface area contributed by atoms with Crippen molar-refractivity contribution in [1.82, 2.24) is 0 Å². The van der Waals surface area contributed by atoms with Gasteiger partial charge in [0.2, 0.25) is 0 Å². The third kappa shape index (κ3) is 7.19. The van der Waals surface area contributed by atoms with E-state index in [1.54, 1.807) is 6.92 Å². The summed E-state index contributed by atoms with van der Waals surface area (Å²) in [6.45, 7) is 5.50. The lowest BCUT2D eigenvalue weighted by atomic mass is 9.96. The van der Waals surface area contributed by atoms with Crippen molar-refractivity contribution in [3.05, 3.63) is 46.3 Å². The van der Waals surface area contributed by atoms with Crippen LogP contribution in [0.5, 0.6) is 0 Å². The average molecular weight is 249 g/mol. The van der Waals surface area contributed by atoms with E-state index in [2.05, 4.69) is 39.6 Å². The Kier molecular flexibility index (Phi) is 7.90. The Morgan fingerprint density at radius 2 is 1.79 bits per heavy atom. The normalized spacial score (nSPS) is 7.89. The average Bonchev–Trinajstić information content (AvgIpc) is 2.41. The quantitative estimate of drug-likeness (QED) is 0.330. The summed E-state index contributed by atoms with van der Waals surface area (Å²) in [6, 6.07) is 9.72. The maximum atomic E-state index is 8.32. The highest BCUT2D eigenvalue weighted by Gasteiger charge is 2.17. The van der Waals surface area contributed by atoms with Crippen molar-refractivity contribution in [2.75, 3.05) is 0 Å². The lowest BCUT2D eigenvalue weighted by molar-refractivity contribution is 0.550. The summed E-state index contributed by atoms with van der Waals surface area (Å²) in [5.74, 6) is 12.0. The molecule has 0 saturated carbocycles. The monoisotopic (exact) mass is 249 g/mol. The molecule has 0 aliphatic heterocycles. The van der Waals surface area contributed by atoms with E-state index in [0.717, 1.165) is 5.56 Å². The van der Waals surface area contributed by atoms with Gasteiger partial charge in [0.05, 0.1) is 5.54 Å². The van der Waals surface area contributed by atoms with E-state index in [4.69, 9.17) is 12.0 Å². The zero-order valence-corrected chi connectivity index (χ0v) is 11.3. The van der Waals surface area contributed by atoms with E-state index >= 15 is 0 Å². The van der Waals surface area contributed by atoms with Crippen molar-refractivity contribution in [2.45, 2.75) is 26.3 Å². The lowest BCUT2D eigenvalue weighted by Crippen LogP contribution is -2.11. The van der Waals surface area contributed by atoms with E-state index in [-0.39, 0.29) is 0 Å². The number of nitrogens with zero attached hydrogens (tertiary/aromatic N) is 3. The van der Waals surface area contributed by atoms with Crippen molar-refractivity contribution in [3.63, 3.8) is 0 Å². The first kappa shape index (κ1) is 16.2. The first-order valence-corrected chi connectivity index (χ1v) is 5.57. The number of hydrogen-bond acceptors (Lipinski definition) is 1. The minimum absolute atomic E-state index is 0.448. The molecular formula is C16H15N3. The van der Waals surface area contributed by atoms with Gasteiger partial charge in [-0.1, -0.05) is 55.2 Å². The second kappa shape index (κ2) is 9.26. The zero-order chi connectivity index (χ0) is 14.6. The highest BCUT2D eigenvalue weighted by Crippen LogP contribution is 2.23.